The molecule has 6 heteroatoms. The van der Waals surface area contributed by atoms with E-state index in [0.29, 0.717) is 35.6 Å². The molecule has 0 spiro atoms. The van der Waals surface area contributed by atoms with Crippen LogP contribution in [0.1, 0.15) is 25.4 Å². The van der Waals surface area contributed by atoms with E-state index in [-0.39, 0.29) is 5.56 Å². The lowest BCUT2D eigenvalue weighted by Crippen LogP contribution is -2.14. The second-order valence-corrected chi connectivity index (χ2v) is 5.79. The second-order valence-electron chi connectivity index (χ2n) is 5.79. The summed E-state index contributed by atoms with van der Waals surface area (Å²) in [4.78, 5) is 19.3. The number of hydrogen-bond donors (Lipinski definition) is 1. The van der Waals surface area contributed by atoms with E-state index in [2.05, 4.69) is 40.2 Å². The molecule has 0 aliphatic carbocycles. The molecule has 0 radical (unpaired) electrons. The third-order valence-electron chi connectivity index (χ3n) is 3.45. The van der Waals surface area contributed by atoms with Gasteiger partial charge in [-0.2, -0.15) is 0 Å². The Morgan fingerprint density at radius 2 is 2.13 bits per heavy atom. The van der Waals surface area contributed by atoms with Crippen molar-refractivity contribution in [3.05, 3.63) is 58.4 Å². The molecule has 0 fully saturated rings. The Bertz CT molecular complexity index is 891. The first-order valence-electron chi connectivity index (χ1n) is 7.68. The average molecular weight is 309 g/mol. The predicted octanol–water partition coefficient (Wildman–Crippen LogP) is 2.43. The van der Waals surface area contributed by atoms with Crippen molar-refractivity contribution in [2.45, 2.75) is 26.8 Å². The Labute approximate surface area is 133 Å². The largest absolute Gasteiger partial charge is 0.310 e. The van der Waals surface area contributed by atoms with Gasteiger partial charge in [0.1, 0.15) is 11.5 Å². The number of nitrogens with zero attached hydrogens (tertiary/aromatic N) is 4. The summed E-state index contributed by atoms with van der Waals surface area (Å²) in [6, 6.07) is 7.33. The van der Waals surface area contributed by atoms with Crippen LogP contribution in [0.5, 0.6) is 0 Å². The Morgan fingerprint density at radius 1 is 1.30 bits per heavy atom. The lowest BCUT2D eigenvalue weighted by Gasteiger charge is -2.02. The Morgan fingerprint density at radius 3 is 2.96 bits per heavy atom. The highest BCUT2D eigenvalue weighted by Gasteiger charge is 2.04. The van der Waals surface area contributed by atoms with Gasteiger partial charge in [-0.25, -0.2) is 4.98 Å². The molecular formula is C17H19N5O. The zero-order chi connectivity index (χ0) is 16.2. The van der Waals surface area contributed by atoms with E-state index < -0.39 is 0 Å². The molecule has 0 atom stereocenters. The molecular weight excluding hydrogens is 290 g/mol. The molecule has 0 unspecified atom stereocenters. The Kier molecular flexibility index (Phi) is 4.32. The second kappa shape index (κ2) is 6.56. The average Bonchev–Trinajstić information content (AvgIpc) is 2.99. The van der Waals surface area contributed by atoms with Crippen LogP contribution in [-0.2, 0) is 13.0 Å². The van der Waals surface area contributed by atoms with Gasteiger partial charge in [0.25, 0.3) is 5.56 Å². The Hall–Kier alpha value is -2.76. The molecule has 2 heterocycles. The summed E-state index contributed by atoms with van der Waals surface area (Å²) in [6.07, 6.45) is 6.52. The number of hydrogen-bond acceptors (Lipinski definition) is 4. The minimum atomic E-state index is -0.107. The molecule has 0 aliphatic heterocycles. The van der Waals surface area contributed by atoms with Crippen molar-refractivity contribution in [3.8, 4) is 0 Å². The first kappa shape index (κ1) is 15.1. The van der Waals surface area contributed by atoms with Crippen molar-refractivity contribution in [2.75, 3.05) is 0 Å². The van der Waals surface area contributed by atoms with Gasteiger partial charge >= 0.3 is 0 Å². The number of allylic oxidation sites excluding steroid dienone is 1. The van der Waals surface area contributed by atoms with Crippen molar-refractivity contribution >= 4 is 17.0 Å². The molecule has 0 saturated heterocycles. The van der Waals surface area contributed by atoms with Gasteiger partial charge in [-0.1, -0.05) is 37.3 Å². The van der Waals surface area contributed by atoms with Crippen LogP contribution in [-0.4, -0.2) is 25.0 Å². The van der Waals surface area contributed by atoms with Gasteiger partial charge in [0.15, 0.2) is 0 Å². The predicted molar refractivity (Wildman–Crippen MR) is 90.0 cm³/mol. The summed E-state index contributed by atoms with van der Waals surface area (Å²) in [5, 5.41) is 8.80. The van der Waals surface area contributed by atoms with Gasteiger partial charge in [-0.05, 0) is 24.1 Å². The van der Waals surface area contributed by atoms with Crippen LogP contribution in [0, 0.1) is 5.92 Å². The van der Waals surface area contributed by atoms with E-state index in [1.165, 1.54) is 0 Å². The summed E-state index contributed by atoms with van der Waals surface area (Å²) in [6.45, 7) is 4.84. The molecule has 0 amide bonds. The molecule has 3 aromatic rings. The van der Waals surface area contributed by atoms with Gasteiger partial charge in [0.2, 0.25) is 0 Å². The van der Waals surface area contributed by atoms with Crippen LogP contribution in [0.25, 0.3) is 17.0 Å². The lowest BCUT2D eigenvalue weighted by molar-refractivity contribution is 0.577. The lowest BCUT2D eigenvalue weighted by atomic mass is 10.2. The summed E-state index contributed by atoms with van der Waals surface area (Å²) in [5.74, 6) is 1.13. The van der Waals surface area contributed by atoms with Crippen molar-refractivity contribution in [1.29, 1.82) is 0 Å². The van der Waals surface area contributed by atoms with Crippen molar-refractivity contribution in [3.63, 3.8) is 0 Å². The van der Waals surface area contributed by atoms with Crippen molar-refractivity contribution in [1.82, 2.24) is 25.0 Å². The Balaban J connectivity index is 1.72. The number of H-pyrrole nitrogens is 1. The number of aryl methyl sites for hydroxylation is 2. The number of benzene rings is 1. The van der Waals surface area contributed by atoms with Crippen LogP contribution < -0.4 is 5.56 Å². The number of nitrogens with one attached hydrogen (secondary N) is 1. The number of aromatic nitrogens is 5. The molecule has 3 rings (SSSR count). The molecule has 0 saturated carbocycles. The quantitative estimate of drug-likeness (QED) is 0.785. The van der Waals surface area contributed by atoms with Gasteiger partial charge in [-0.3, -0.25) is 9.48 Å². The first-order valence-corrected chi connectivity index (χ1v) is 7.68. The number of fused-ring (bicyclic) bond motifs is 1. The van der Waals surface area contributed by atoms with Gasteiger partial charge in [0.05, 0.1) is 17.1 Å². The zero-order valence-corrected chi connectivity index (χ0v) is 13.2. The maximum atomic E-state index is 12.0. The topological polar surface area (TPSA) is 76.5 Å². The first-order chi connectivity index (χ1) is 11.1. The molecule has 6 nitrogen and oxygen atoms in total. The molecule has 23 heavy (non-hydrogen) atoms. The molecule has 0 bridgehead atoms. The van der Waals surface area contributed by atoms with E-state index in [1.807, 2.05) is 30.5 Å². The normalized spacial score (nSPS) is 11.8. The number of para-hydroxylation sites is 1. The monoisotopic (exact) mass is 309 g/mol. The number of aromatic amines is 1. The van der Waals surface area contributed by atoms with Crippen LogP contribution in [0.3, 0.4) is 0 Å². The third kappa shape index (κ3) is 3.71. The van der Waals surface area contributed by atoms with Crippen molar-refractivity contribution < 1.29 is 0 Å². The summed E-state index contributed by atoms with van der Waals surface area (Å²) < 4.78 is 1.76. The molecule has 118 valence electrons. The SMILES string of the molecule is CC(C)/C=C/c1cn(CCc2nc3ccccc3c(=O)[nH]2)nn1. The minimum Gasteiger partial charge on any atom is -0.310 e. The number of rotatable bonds is 5. The van der Waals surface area contributed by atoms with Crippen LogP contribution in [0.2, 0.25) is 0 Å². The van der Waals surface area contributed by atoms with E-state index in [9.17, 15) is 4.79 Å². The standard InChI is InChI=1S/C17H19N5O/c1-12(2)7-8-13-11-22(21-20-13)10-9-16-18-15-6-4-3-5-14(15)17(23)19-16/h3-8,11-12H,9-10H2,1-2H3,(H,18,19,23)/b8-7+. The third-order valence-corrected chi connectivity index (χ3v) is 3.45. The van der Waals surface area contributed by atoms with Gasteiger partial charge in [-0.15, -0.1) is 5.10 Å². The maximum Gasteiger partial charge on any atom is 0.258 e. The van der Waals surface area contributed by atoms with Gasteiger partial charge in [0, 0.05) is 13.0 Å². The smallest absolute Gasteiger partial charge is 0.258 e. The van der Waals surface area contributed by atoms with Crippen molar-refractivity contribution in [2.24, 2.45) is 5.92 Å². The van der Waals surface area contributed by atoms with E-state index in [0.717, 1.165) is 5.69 Å². The molecule has 0 aliphatic rings. The fourth-order valence-corrected chi connectivity index (χ4v) is 2.26. The summed E-state index contributed by atoms with van der Waals surface area (Å²) in [7, 11) is 0. The van der Waals surface area contributed by atoms with Crippen LogP contribution in [0.4, 0.5) is 0 Å². The molecule has 1 N–H and O–H groups in total. The van der Waals surface area contributed by atoms with Crippen LogP contribution in [0.15, 0.2) is 41.3 Å². The van der Waals surface area contributed by atoms with E-state index in [4.69, 9.17) is 0 Å². The summed E-state index contributed by atoms with van der Waals surface area (Å²) in [5.41, 5.74) is 1.44. The van der Waals surface area contributed by atoms with Gasteiger partial charge < -0.3 is 4.98 Å². The zero-order valence-electron chi connectivity index (χ0n) is 13.2. The highest BCUT2D eigenvalue weighted by Crippen LogP contribution is 2.07. The maximum absolute atomic E-state index is 12.0. The van der Waals surface area contributed by atoms with E-state index >= 15 is 0 Å². The fraction of sp³-hybridized carbons (Fsp3) is 0.294. The minimum absolute atomic E-state index is 0.107. The van der Waals surface area contributed by atoms with Crippen LogP contribution >= 0.6 is 0 Å². The van der Waals surface area contributed by atoms with E-state index in [1.54, 1.807) is 10.7 Å². The highest BCUT2D eigenvalue weighted by atomic mass is 16.1. The fourth-order valence-electron chi connectivity index (χ4n) is 2.26. The summed E-state index contributed by atoms with van der Waals surface area (Å²) >= 11 is 0. The highest BCUT2D eigenvalue weighted by molar-refractivity contribution is 5.77. The molecule has 2 aromatic heterocycles. The molecule has 1 aromatic carbocycles.